The Morgan fingerprint density at radius 2 is 1.95 bits per heavy atom. The molecule has 20 heavy (non-hydrogen) atoms. The van der Waals surface area contributed by atoms with Crippen LogP contribution in [0.3, 0.4) is 0 Å². The topological polar surface area (TPSA) is 49.8 Å². The molecule has 0 fully saturated rings. The van der Waals surface area contributed by atoms with Crippen LogP contribution in [-0.4, -0.2) is 17.0 Å². The Morgan fingerprint density at radius 1 is 1.25 bits per heavy atom. The van der Waals surface area contributed by atoms with Gasteiger partial charge in [-0.05, 0) is 22.0 Å². The molecule has 0 amide bonds. The molecule has 0 radical (unpaired) electrons. The molecule has 0 aliphatic rings. The van der Waals surface area contributed by atoms with Crippen molar-refractivity contribution in [2.24, 2.45) is 0 Å². The van der Waals surface area contributed by atoms with Gasteiger partial charge >= 0.3 is 6.18 Å². The number of halogens is 4. The lowest BCUT2D eigenvalue weighted by atomic mass is 10.4. The zero-order valence-corrected chi connectivity index (χ0v) is 12.7. The highest BCUT2D eigenvalue weighted by molar-refractivity contribution is 9.10. The number of hydrogen-bond donors (Lipinski definition) is 2. The van der Waals surface area contributed by atoms with Crippen molar-refractivity contribution in [2.75, 3.05) is 17.7 Å². The van der Waals surface area contributed by atoms with E-state index in [1.807, 2.05) is 11.4 Å². The maximum atomic E-state index is 12.7. The van der Waals surface area contributed by atoms with Gasteiger partial charge in [0.05, 0.1) is 6.54 Å². The average molecular weight is 367 g/mol. The third-order valence-electron chi connectivity index (χ3n) is 2.30. The smallest absolute Gasteiger partial charge is 0.373 e. The number of nitrogens with one attached hydrogen (secondary N) is 2. The minimum absolute atomic E-state index is 0.113. The van der Waals surface area contributed by atoms with E-state index >= 15 is 0 Å². The zero-order chi connectivity index (χ0) is 14.8. The van der Waals surface area contributed by atoms with Gasteiger partial charge in [0.15, 0.2) is 0 Å². The van der Waals surface area contributed by atoms with Crippen molar-refractivity contribution < 1.29 is 13.2 Å². The maximum Gasteiger partial charge on any atom is 0.451 e. The molecule has 108 valence electrons. The SMILES string of the molecule is CNc1cc(NCc2cc(Br)cs2)nc(C(F)(F)F)n1. The van der Waals surface area contributed by atoms with E-state index < -0.39 is 12.0 Å². The molecule has 0 aromatic carbocycles. The Hall–Kier alpha value is -1.35. The number of aromatic nitrogens is 2. The number of thiophene rings is 1. The van der Waals surface area contributed by atoms with Crippen LogP contribution in [0, 0.1) is 0 Å². The summed E-state index contributed by atoms with van der Waals surface area (Å²) in [5, 5.41) is 7.35. The van der Waals surface area contributed by atoms with Gasteiger partial charge in [-0.15, -0.1) is 11.3 Å². The van der Waals surface area contributed by atoms with Crippen LogP contribution in [-0.2, 0) is 12.7 Å². The molecule has 2 rings (SSSR count). The van der Waals surface area contributed by atoms with Crippen molar-refractivity contribution in [3.8, 4) is 0 Å². The number of hydrogen-bond acceptors (Lipinski definition) is 5. The number of rotatable bonds is 4. The molecule has 4 nitrogen and oxygen atoms in total. The Labute approximate surface area is 125 Å². The minimum Gasteiger partial charge on any atom is -0.373 e. The lowest BCUT2D eigenvalue weighted by Gasteiger charge is -2.10. The van der Waals surface area contributed by atoms with Crippen molar-refractivity contribution in [3.05, 3.63) is 32.7 Å². The second kappa shape index (κ2) is 5.96. The fourth-order valence-electron chi connectivity index (χ4n) is 1.42. The zero-order valence-electron chi connectivity index (χ0n) is 10.3. The van der Waals surface area contributed by atoms with Crippen LogP contribution in [0.25, 0.3) is 0 Å². The first-order valence-corrected chi connectivity index (χ1v) is 7.16. The molecule has 2 N–H and O–H groups in total. The van der Waals surface area contributed by atoms with E-state index in [1.165, 1.54) is 24.5 Å². The highest BCUT2D eigenvalue weighted by atomic mass is 79.9. The molecule has 2 aromatic heterocycles. The predicted molar refractivity (Wildman–Crippen MR) is 75.9 cm³/mol. The summed E-state index contributed by atoms with van der Waals surface area (Å²) in [6, 6.07) is 3.32. The quantitative estimate of drug-likeness (QED) is 0.859. The molecule has 0 bridgehead atoms. The fourth-order valence-corrected chi connectivity index (χ4v) is 2.81. The van der Waals surface area contributed by atoms with Gasteiger partial charge in [-0.3, -0.25) is 0 Å². The molecule has 0 atom stereocenters. The summed E-state index contributed by atoms with van der Waals surface area (Å²) in [7, 11) is 1.50. The largest absolute Gasteiger partial charge is 0.451 e. The maximum absolute atomic E-state index is 12.7. The van der Waals surface area contributed by atoms with Crippen LogP contribution in [0.15, 0.2) is 22.0 Å². The second-order valence-corrected chi connectivity index (χ2v) is 5.71. The standard InChI is InChI=1S/C11H10BrF3N4S/c1-16-8-3-9(19-10(18-8)11(13,14)15)17-4-7-2-6(12)5-20-7/h2-3,5H,4H2,1H3,(H2,16,17,18,19). The van der Waals surface area contributed by atoms with E-state index in [4.69, 9.17) is 0 Å². The van der Waals surface area contributed by atoms with Gasteiger partial charge in [0.1, 0.15) is 11.6 Å². The molecule has 9 heteroatoms. The molecule has 0 saturated heterocycles. The van der Waals surface area contributed by atoms with Crippen molar-refractivity contribution in [3.63, 3.8) is 0 Å². The third-order valence-corrected chi connectivity index (χ3v) is 4.00. The monoisotopic (exact) mass is 366 g/mol. The summed E-state index contributed by atoms with van der Waals surface area (Å²) >= 11 is 4.82. The van der Waals surface area contributed by atoms with Gasteiger partial charge in [-0.25, -0.2) is 9.97 Å². The summed E-state index contributed by atoms with van der Waals surface area (Å²) in [6.45, 7) is 0.397. The van der Waals surface area contributed by atoms with Gasteiger partial charge in [-0.2, -0.15) is 13.2 Å². The summed E-state index contributed by atoms with van der Waals surface area (Å²) in [6.07, 6.45) is -4.57. The Morgan fingerprint density at radius 3 is 2.50 bits per heavy atom. The Kier molecular flexibility index (Phi) is 4.48. The van der Waals surface area contributed by atoms with E-state index in [1.54, 1.807) is 0 Å². The molecular formula is C11H10BrF3N4S. The van der Waals surface area contributed by atoms with Crippen molar-refractivity contribution in [2.45, 2.75) is 12.7 Å². The fraction of sp³-hybridized carbons (Fsp3) is 0.273. The molecule has 0 saturated carbocycles. The van der Waals surface area contributed by atoms with Crippen LogP contribution in [0.1, 0.15) is 10.7 Å². The molecule has 0 aliphatic carbocycles. The first-order valence-electron chi connectivity index (χ1n) is 5.49. The van der Waals surface area contributed by atoms with Gasteiger partial charge in [-0.1, -0.05) is 0 Å². The molecule has 2 aromatic rings. The summed E-state index contributed by atoms with van der Waals surface area (Å²) < 4.78 is 38.9. The first-order chi connectivity index (χ1) is 9.38. The normalized spacial score (nSPS) is 11.4. The first kappa shape index (κ1) is 15.0. The van der Waals surface area contributed by atoms with E-state index in [9.17, 15) is 13.2 Å². The lowest BCUT2D eigenvalue weighted by molar-refractivity contribution is -0.144. The number of nitrogens with zero attached hydrogens (tertiary/aromatic N) is 2. The second-order valence-electron chi connectivity index (χ2n) is 3.79. The number of anilines is 2. The summed E-state index contributed by atoms with van der Waals surface area (Å²) in [4.78, 5) is 7.85. The average Bonchev–Trinajstić information content (AvgIpc) is 2.81. The van der Waals surface area contributed by atoms with Crippen molar-refractivity contribution >= 4 is 38.9 Å². The van der Waals surface area contributed by atoms with Crippen LogP contribution >= 0.6 is 27.3 Å². The minimum atomic E-state index is -4.57. The molecule has 0 aliphatic heterocycles. The van der Waals surface area contributed by atoms with Crippen LogP contribution < -0.4 is 10.6 Å². The van der Waals surface area contributed by atoms with Crippen molar-refractivity contribution in [1.29, 1.82) is 0 Å². The van der Waals surface area contributed by atoms with E-state index in [0.717, 1.165) is 9.35 Å². The van der Waals surface area contributed by atoms with E-state index in [0.29, 0.717) is 6.54 Å². The van der Waals surface area contributed by atoms with Gasteiger partial charge in [0, 0.05) is 27.8 Å². The Balaban J connectivity index is 2.18. The van der Waals surface area contributed by atoms with Gasteiger partial charge in [0.25, 0.3) is 0 Å². The van der Waals surface area contributed by atoms with Crippen LogP contribution in [0.4, 0.5) is 24.8 Å². The lowest BCUT2D eigenvalue weighted by Crippen LogP contribution is -2.14. The van der Waals surface area contributed by atoms with Crippen LogP contribution in [0.2, 0.25) is 0 Å². The van der Waals surface area contributed by atoms with Gasteiger partial charge < -0.3 is 10.6 Å². The van der Waals surface area contributed by atoms with Crippen molar-refractivity contribution in [1.82, 2.24) is 9.97 Å². The molecule has 0 spiro atoms. The van der Waals surface area contributed by atoms with Crippen LogP contribution in [0.5, 0.6) is 0 Å². The van der Waals surface area contributed by atoms with E-state index in [2.05, 4.69) is 36.5 Å². The molecule has 2 heterocycles. The van der Waals surface area contributed by atoms with E-state index in [-0.39, 0.29) is 11.6 Å². The predicted octanol–water partition coefficient (Wildman–Crippen LogP) is 3.97. The highest BCUT2D eigenvalue weighted by Gasteiger charge is 2.35. The Bertz CT molecular complexity index is 600. The molecular weight excluding hydrogens is 357 g/mol. The highest BCUT2D eigenvalue weighted by Crippen LogP contribution is 2.28. The number of alkyl halides is 3. The third kappa shape index (κ3) is 3.83. The molecule has 0 unspecified atom stereocenters. The summed E-state index contributed by atoms with van der Waals surface area (Å²) in [5.74, 6) is -0.928. The summed E-state index contributed by atoms with van der Waals surface area (Å²) in [5.41, 5.74) is 0. The van der Waals surface area contributed by atoms with Gasteiger partial charge in [0.2, 0.25) is 5.82 Å².